The third-order valence-electron chi connectivity index (χ3n) is 8.93. The highest BCUT2D eigenvalue weighted by Crippen LogP contribution is 2.45. The molecule has 1 fully saturated rings. The molecule has 0 unspecified atom stereocenters. The van der Waals surface area contributed by atoms with Crippen LogP contribution in [0.15, 0.2) is 36.4 Å². The molecule has 0 bridgehead atoms. The molecule has 1 saturated heterocycles. The van der Waals surface area contributed by atoms with Crippen molar-refractivity contribution in [1.29, 1.82) is 0 Å². The Labute approximate surface area is 262 Å². The summed E-state index contributed by atoms with van der Waals surface area (Å²) in [5, 5.41) is 10.5. The summed E-state index contributed by atoms with van der Waals surface area (Å²) in [5.74, 6) is -0.355. The Hall–Kier alpha value is -3.49. The van der Waals surface area contributed by atoms with Gasteiger partial charge in [0, 0.05) is 61.3 Å². The number of aliphatic carboxylic acids is 1. The molecule has 0 spiro atoms. The number of piperidine rings is 1. The number of carbonyl (C=O) groups is 1. The number of fused-ring (bicyclic) bond motifs is 1. The third kappa shape index (κ3) is 7.08. The van der Waals surface area contributed by atoms with E-state index < -0.39 is 17.7 Å². The van der Waals surface area contributed by atoms with E-state index in [1.807, 2.05) is 52.8 Å². The van der Waals surface area contributed by atoms with Crippen LogP contribution in [-0.2, 0) is 29.0 Å². The predicted molar refractivity (Wildman–Crippen MR) is 174 cm³/mol. The zero-order valence-corrected chi connectivity index (χ0v) is 27.7. The van der Waals surface area contributed by atoms with Gasteiger partial charge >= 0.3 is 5.97 Å². The van der Waals surface area contributed by atoms with Gasteiger partial charge in [-0.25, -0.2) is 9.78 Å². The molecule has 8 nitrogen and oxygen atoms in total. The van der Waals surface area contributed by atoms with Crippen LogP contribution in [0.5, 0.6) is 5.88 Å². The SMILES string of the molecule is COc1cccc(CN2CCc3cc(-c4c(C)nc(C)c([C@H](OC(C)(C)C)C(=O)O)c4N4CCC(C)(C)CC4)ccc3C2)n1. The minimum absolute atomic E-state index is 0.250. The number of benzene rings is 1. The number of aryl methyl sites for hydroxylation is 2. The Morgan fingerprint density at radius 2 is 1.75 bits per heavy atom. The first-order valence-electron chi connectivity index (χ1n) is 15.8. The van der Waals surface area contributed by atoms with Gasteiger partial charge in [0.1, 0.15) is 0 Å². The summed E-state index contributed by atoms with van der Waals surface area (Å²) in [7, 11) is 1.64. The molecular weight excluding hydrogens is 552 g/mol. The van der Waals surface area contributed by atoms with Crippen molar-refractivity contribution in [2.45, 2.75) is 92.5 Å². The fourth-order valence-corrected chi connectivity index (χ4v) is 6.55. The number of pyridine rings is 2. The van der Waals surface area contributed by atoms with Crippen molar-refractivity contribution in [3.8, 4) is 17.0 Å². The maximum Gasteiger partial charge on any atom is 0.337 e. The number of nitrogens with zero attached hydrogens (tertiary/aromatic N) is 4. The van der Waals surface area contributed by atoms with E-state index in [-0.39, 0.29) is 5.41 Å². The van der Waals surface area contributed by atoms with E-state index in [1.54, 1.807) is 7.11 Å². The number of aromatic nitrogens is 2. The second-order valence-electron chi connectivity index (χ2n) is 14.1. The van der Waals surface area contributed by atoms with Crippen LogP contribution in [0, 0.1) is 19.3 Å². The minimum atomic E-state index is -1.12. The third-order valence-corrected chi connectivity index (χ3v) is 8.93. The van der Waals surface area contributed by atoms with E-state index >= 15 is 0 Å². The Kier molecular flexibility index (Phi) is 9.06. The van der Waals surface area contributed by atoms with Gasteiger partial charge in [-0.15, -0.1) is 0 Å². The number of hydrogen-bond acceptors (Lipinski definition) is 7. The number of hydrogen-bond donors (Lipinski definition) is 1. The molecular formula is C36H48N4O4. The molecule has 4 heterocycles. The van der Waals surface area contributed by atoms with Crippen LogP contribution in [0.1, 0.15) is 87.3 Å². The smallest absolute Gasteiger partial charge is 0.337 e. The second kappa shape index (κ2) is 12.5. The van der Waals surface area contributed by atoms with Crippen LogP contribution in [0.4, 0.5) is 5.69 Å². The van der Waals surface area contributed by atoms with Crippen LogP contribution in [0.25, 0.3) is 11.1 Å². The highest BCUT2D eigenvalue weighted by Gasteiger charge is 2.36. The normalized spacial score (nSPS) is 17.7. The van der Waals surface area contributed by atoms with E-state index in [0.29, 0.717) is 17.1 Å². The first kappa shape index (κ1) is 31.9. The summed E-state index contributed by atoms with van der Waals surface area (Å²) < 4.78 is 11.6. The zero-order chi connectivity index (χ0) is 31.8. The molecule has 0 radical (unpaired) electrons. The van der Waals surface area contributed by atoms with Crippen LogP contribution in [-0.4, -0.2) is 58.3 Å². The van der Waals surface area contributed by atoms with Crippen molar-refractivity contribution in [3.63, 3.8) is 0 Å². The molecule has 1 aromatic carbocycles. The Morgan fingerprint density at radius 1 is 1.02 bits per heavy atom. The number of rotatable bonds is 8. The van der Waals surface area contributed by atoms with Gasteiger partial charge in [-0.1, -0.05) is 38.1 Å². The Bertz CT molecular complexity index is 1520. The van der Waals surface area contributed by atoms with Gasteiger partial charge in [0.25, 0.3) is 0 Å². The summed E-state index contributed by atoms with van der Waals surface area (Å²) in [6.07, 6.45) is 1.87. The molecule has 5 rings (SSSR count). The van der Waals surface area contributed by atoms with Crippen molar-refractivity contribution < 1.29 is 19.4 Å². The maximum atomic E-state index is 12.8. The summed E-state index contributed by atoms with van der Waals surface area (Å²) in [5.41, 5.74) is 8.59. The van der Waals surface area contributed by atoms with Gasteiger partial charge in [0.2, 0.25) is 5.88 Å². The largest absolute Gasteiger partial charge is 0.481 e. The Morgan fingerprint density at radius 3 is 2.41 bits per heavy atom. The lowest BCUT2D eigenvalue weighted by atomic mass is 9.81. The quantitative estimate of drug-likeness (QED) is 0.299. The van der Waals surface area contributed by atoms with Gasteiger partial charge in [0.05, 0.1) is 24.1 Å². The first-order chi connectivity index (χ1) is 20.7. The molecule has 0 saturated carbocycles. The molecule has 236 valence electrons. The lowest BCUT2D eigenvalue weighted by Crippen LogP contribution is -2.39. The Balaban J connectivity index is 1.55. The van der Waals surface area contributed by atoms with Crippen LogP contribution in [0.2, 0.25) is 0 Å². The van der Waals surface area contributed by atoms with Gasteiger partial charge in [-0.2, -0.15) is 0 Å². The lowest BCUT2D eigenvalue weighted by molar-refractivity contribution is -0.160. The fourth-order valence-electron chi connectivity index (χ4n) is 6.55. The average molecular weight is 601 g/mol. The number of carboxylic acid groups (broad SMARTS) is 1. The fraction of sp³-hybridized carbons (Fsp3) is 0.528. The van der Waals surface area contributed by atoms with E-state index in [4.69, 9.17) is 14.5 Å². The van der Waals surface area contributed by atoms with Crippen LogP contribution < -0.4 is 9.64 Å². The summed E-state index contributed by atoms with van der Waals surface area (Å²) in [6, 6.07) is 12.6. The van der Waals surface area contributed by atoms with E-state index in [1.165, 1.54) is 11.1 Å². The van der Waals surface area contributed by atoms with Gasteiger partial charge in [-0.3, -0.25) is 9.88 Å². The number of anilines is 1. The molecule has 2 aliphatic heterocycles. The maximum absolute atomic E-state index is 12.8. The molecule has 8 heteroatoms. The molecule has 2 aromatic heterocycles. The molecule has 44 heavy (non-hydrogen) atoms. The van der Waals surface area contributed by atoms with Gasteiger partial charge in [0.15, 0.2) is 6.10 Å². The first-order valence-corrected chi connectivity index (χ1v) is 15.8. The molecule has 1 N–H and O–H groups in total. The molecule has 3 aromatic rings. The minimum Gasteiger partial charge on any atom is -0.481 e. The lowest BCUT2D eigenvalue weighted by Gasteiger charge is -2.41. The monoisotopic (exact) mass is 600 g/mol. The van der Waals surface area contributed by atoms with Crippen molar-refractivity contribution in [2.24, 2.45) is 5.41 Å². The van der Waals surface area contributed by atoms with E-state index in [9.17, 15) is 9.90 Å². The van der Waals surface area contributed by atoms with Gasteiger partial charge in [-0.05, 0) is 82.1 Å². The number of carboxylic acids is 1. The van der Waals surface area contributed by atoms with E-state index in [2.05, 4.69) is 46.8 Å². The molecule has 0 amide bonds. The van der Waals surface area contributed by atoms with Gasteiger partial charge < -0.3 is 19.5 Å². The van der Waals surface area contributed by atoms with Crippen molar-refractivity contribution in [2.75, 3.05) is 31.6 Å². The molecule has 0 aliphatic carbocycles. The number of methoxy groups -OCH3 is 1. The van der Waals surface area contributed by atoms with Crippen molar-refractivity contribution in [1.82, 2.24) is 14.9 Å². The summed E-state index contributed by atoms with van der Waals surface area (Å²) >= 11 is 0. The van der Waals surface area contributed by atoms with Crippen LogP contribution >= 0.6 is 0 Å². The highest BCUT2D eigenvalue weighted by atomic mass is 16.5. The predicted octanol–water partition coefficient (Wildman–Crippen LogP) is 6.89. The van der Waals surface area contributed by atoms with Crippen LogP contribution in [0.3, 0.4) is 0 Å². The second-order valence-corrected chi connectivity index (χ2v) is 14.1. The summed E-state index contributed by atoms with van der Waals surface area (Å²) in [6.45, 7) is 18.6. The molecule has 2 aliphatic rings. The summed E-state index contributed by atoms with van der Waals surface area (Å²) in [4.78, 5) is 27.2. The average Bonchev–Trinajstić information content (AvgIpc) is 2.95. The van der Waals surface area contributed by atoms with Crippen molar-refractivity contribution in [3.05, 3.63) is 70.2 Å². The zero-order valence-electron chi connectivity index (χ0n) is 27.7. The standard InChI is InChI=1S/C36H48N4O4/c1-23-30(26-12-13-27-21-39(17-14-25(27)20-26)22-28-10-9-11-29(38-28)43-8)32(40-18-15-36(6,7)16-19-40)31(24(2)37-23)33(34(41)42)44-35(3,4)5/h9-13,20,33H,14-19,21-22H2,1-8H3,(H,41,42)/t33-/m0/s1. The molecule has 1 atom stereocenters. The number of ether oxygens (including phenoxy) is 2. The topological polar surface area (TPSA) is 88.0 Å². The van der Waals surface area contributed by atoms with E-state index in [0.717, 1.165) is 80.2 Å². The van der Waals surface area contributed by atoms with Crippen molar-refractivity contribution >= 4 is 11.7 Å². The highest BCUT2D eigenvalue weighted by molar-refractivity contribution is 5.88.